The quantitative estimate of drug-likeness (QED) is 0.406. The number of allylic oxidation sites excluding steroid dienone is 5. The van der Waals surface area contributed by atoms with Gasteiger partial charge in [-0.15, -0.1) is 6.58 Å². The van der Waals surface area contributed by atoms with Crippen molar-refractivity contribution in [2.45, 2.75) is 73.1 Å². The van der Waals surface area contributed by atoms with Gasteiger partial charge in [0.2, 0.25) is 0 Å². The molecule has 2 N–H and O–H groups in total. The topological polar surface area (TPSA) is 26.0 Å². The molecule has 1 aromatic carbocycles. The number of benzene rings is 1. The van der Waals surface area contributed by atoms with Crippen molar-refractivity contribution in [1.82, 2.24) is 0 Å². The van der Waals surface area contributed by atoms with E-state index in [1.807, 2.05) is 0 Å². The number of hydrogen-bond acceptors (Lipinski definition) is 1. The first-order chi connectivity index (χ1) is 12.3. The van der Waals surface area contributed by atoms with Crippen molar-refractivity contribution in [3.8, 4) is 0 Å². The van der Waals surface area contributed by atoms with Crippen LogP contribution in [0.4, 0.5) is 5.69 Å². The van der Waals surface area contributed by atoms with Crippen molar-refractivity contribution in [1.29, 1.82) is 0 Å². The van der Waals surface area contributed by atoms with E-state index in [0.717, 1.165) is 12.1 Å². The van der Waals surface area contributed by atoms with Gasteiger partial charge in [-0.25, -0.2) is 0 Å². The molecule has 3 unspecified atom stereocenters. The molecular weight excluding hydrogens is 314 g/mol. The molecule has 1 aliphatic rings. The van der Waals surface area contributed by atoms with Gasteiger partial charge in [0.25, 0.3) is 0 Å². The molecule has 1 heteroatoms. The van der Waals surface area contributed by atoms with Gasteiger partial charge in [0.05, 0.1) is 0 Å². The molecule has 3 atom stereocenters. The summed E-state index contributed by atoms with van der Waals surface area (Å²) in [5.74, 6) is 1.50. The molecule has 1 nitrogen and oxygen atoms in total. The Morgan fingerprint density at radius 2 is 1.81 bits per heavy atom. The molecule has 0 bridgehead atoms. The minimum atomic E-state index is 0.405. The lowest BCUT2D eigenvalue weighted by molar-refractivity contribution is 0.472. The Morgan fingerprint density at radius 3 is 2.31 bits per heavy atom. The Balaban J connectivity index is 2.56. The van der Waals surface area contributed by atoms with Crippen LogP contribution < -0.4 is 5.73 Å². The fraction of sp³-hybridized carbons (Fsp3) is 0.520. The minimum Gasteiger partial charge on any atom is -0.398 e. The van der Waals surface area contributed by atoms with Crippen LogP contribution in [0.1, 0.15) is 76.0 Å². The second-order valence-corrected chi connectivity index (χ2v) is 8.28. The third-order valence-corrected chi connectivity index (χ3v) is 6.30. The number of rotatable bonds is 7. The first-order valence-electron chi connectivity index (χ1n) is 10.2. The van der Waals surface area contributed by atoms with Crippen LogP contribution in [0.15, 0.2) is 47.6 Å². The van der Waals surface area contributed by atoms with Crippen molar-refractivity contribution in [2.24, 2.45) is 11.8 Å². The van der Waals surface area contributed by atoms with Crippen molar-refractivity contribution in [3.63, 3.8) is 0 Å². The number of aryl methyl sites for hydroxylation is 2. The maximum absolute atomic E-state index is 6.24. The predicted octanol–water partition coefficient (Wildman–Crippen LogP) is 7.26. The summed E-state index contributed by atoms with van der Waals surface area (Å²) in [6.45, 7) is 17.6. The second kappa shape index (κ2) is 8.75. The van der Waals surface area contributed by atoms with Crippen molar-refractivity contribution >= 4 is 5.69 Å². The Hall–Kier alpha value is -1.76. The van der Waals surface area contributed by atoms with E-state index in [1.165, 1.54) is 47.1 Å². The molecule has 0 saturated carbocycles. The van der Waals surface area contributed by atoms with Gasteiger partial charge >= 0.3 is 0 Å². The summed E-state index contributed by atoms with van der Waals surface area (Å²) in [7, 11) is 0. The van der Waals surface area contributed by atoms with E-state index >= 15 is 0 Å². The highest BCUT2D eigenvalue weighted by atomic mass is 14.6. The van der Waals surface area contributed by atoms with Gasteiger partial charge in [0, 0.05) is 11.6 Å². The summed E-state index contributed by atoms with van der Waals surface area (Å²) >= 11 is 0. The Kier molecular flexibility index (Phi) is 6.92. The zero-order valence-corrected chi connectivity index (χ0v) is 17.7. The van der Waals surface area contributed by atoms with Gasteiger partial charge in [-0.3, -0.25) is 0 Å². The van der Waals surface area contributed by atoms with E-state index in [1.54, 1.807) is 5.57 Å². The number of unbranched alkanes of at least 4 members (excludes halogenated alkanes) is 1. The highest BCUT2D eigenvalue weighted by molar-refractivity contribution is 5.56. The molecule has 0 spiro atoms. The summed E-state index contributed by atoms with van der Waals surface area (Å²) < 4.78 is 0. The maximum Gasteiger partial charge on any atom is 0.0373 e. The average molecular weight is 352 g/mol. The molecule has 26 heavy (non-hydrogen) atoms. The lowest BCUT2D eigenvalue weighted by Crippen LogP contribution is -2.19. The van der Waals surface area contributed by atoms with Crippen molar-refractivity contribution in [2.75, 3.05) is 5.73 Å². The van der Waals surface area contributed by atoms with Crippen molar-refractivity contribution < 1.29 is 0 Å². The predicted molar refractivity (Wildman–Crippen MR) is 117 cm³/mol. The SMILES string of the molecule is C=CC(CCCC)C(C1=CC(C)=C(C)C(C)C1)c1cc(C)c(N)c(C)c1. The highest BCUT2D eigenvalue weighted by Gasteiger charge is 2.28. The third kappa shape index (κ3) is 4.31. The van der Waals surface area contributed by atoms with E-state index in [-0.39, 0.29) is 0 Å². The molecule has 0 fully saturated rings. The van der Waals surface area contributed by atoms with E-state index in [4.69, 9.17) is 5.73 Å². The molecule has 0 amide bonds. The van der Waals surface area contributed by atoms with Crippen LogP contribution in [-0.4, -0.2) is 0 Å². The normalized spacial score (nSPS) is 19.9. The fourth-order valence-electron chi connectivity index (χ4n) is 4.35. The van der Waals surface area contributed by atoms with Gasteiger partial charge in [-0.1, -0.05) is 67.7 Å². The Bertz CT molecular complexity index is 697. The molecule has 1 aromatic rings. The highest BCUT2D eigenvalue weighted by Crippen LogP contribution is 2.43. The molecule has 0 saturated heterocycles. The zero-order chi connectivity index (χ0) is 19.4. The van der Waals surface area contributed by atoms with Crippen LogP contribution in [0.2, 0.25) is 0 Å². The summed E-state index contributed by atoms with van der Waals surface area (Å²) in [6, 6.07) is 4.61. The lowest BCUT2D eigenvalue weighted by atomic mass is 9.71. The van der Waals surface area contributed by atoms with Gasteiger partial charge in [0.1, 0.15) is 0 Å². The van der Waals surface area contributed by atoms with Crippen LogP contribution in [0.5, 0.6) is 0 Å². The number of anilines is 1. The van der Waals surface area contributed by atoms with Crippen LogP contribution in [0.25, 0.3) is 0 Å². The van der Waals surface area contributed by atoms with Crippen molar-refractivity contribution in [3.05, 3.63) is 64.3 Å². The van der Waals surface area contributed by atoms with Crippen LogP contribution in [-0.2, 0) is 0 Å². The standard InChI is InChI=1S/C25H37N/c1-8-10-11-21(9-2)24(22-12-16(3)20(7)17(4)13-22)23-14-18(5)25(26)19(6)15-23/h9,12,14-15,17,21,24H,2,8,10-11,13,26H2,1,3-7H3. The molecule has 142 valence electrons. The van der Waals surface area contributed by atoms with Gasteiger partial charge in [-0.2, -0.15) is 0 Å². The molecule has 2 rings (SSSR count). The summed E-state index contributed by atoms with van der Waals surface area (Å²) in [4.78, 5) is 0. The maximum atomic E-state index is 6.24. The van der Waals surface area contributed by atoms with E-state index < -0.39 is 0 Å². The van der Waals surface area contributed by atoms with Crippen LogP contribution in [0.3, 0.4) is 0 Å². The first-order valence-corrected chi connectivity index (χ1v) is 10.2. The largest absolute Gasteiger partial charge is 0.398 e. The summed E-state index contributed by atoms with van der Waals surface area (Å²) in [5, 5.41) is 0. The average Bonchev–Trinajstić information content (AvgIpc) is 2.60. The zero-order valence-electron chi connectivity index (χ0n) is 17.7. The van der Waals surface area contributed by atoms with E-state index in [2.05, 4.69) is 72.4 Å². The molecule has 0 heterocycles. The molecule has 0 aromatic heterocycles. The molecule has 1 aliphatic carbocycles. The minimum absolute atomic E-state index is 0.405. The van der Waals surface area contributed by atoms with E-state index in [0.29, 0.717) is 17.8 Å². The van der Waals surface area contributed by atoms with Gasteiger partial charge < -0.3 is 5.73 Å². The fourth-order valence-corrected chi connectivity index (χ4v) is 4.35. The summed E-state index contributed by atoms with van der Waals surface area (Å²) in [5.41, 5.74) is 15.5. The second-order valence-electron chi connectivity index (χ2n) is 8.28. The van der Waals surface area contributed by atoms with Crippen LogP contribution >= 0.6 is 0 Å². The Labute approximate surface area is 161 Å². The number of nitrogen functional groups attached to an aromatic ring is 1. The monoisotopic (exact) mass is 351 g/mol. The molecular formula is C25H37N. The molecule has 0 aliphatic heterocycles. The lowest BCUT2D eigenvalue weighted by Gasteiger charge is -2.33. The summed E-state index contributed by atoms with van der Waals surface area (Å²) in [6.07, 6.45) is 9.45. The van der Waals surface area contributed by atoms with Gasteiger partial charge in [0.15, 0.2) is 0 Å². The number of hydrogen-bond donors (Lipinski definition) is 1. The first kappa shape index (κ1) is 20.6. The molecule has 0 radical (unpaired) electrons. The number of nitrogens with two attached hydrogens (primary N) is 1. The third-order valence-electron chi connectivity index (χ3n) is 6.30. The smallest absolute Gasteiger partial charge is 0.0373 e. The Morgan fingerprint density at radius 1 is 1.19 bits per heavy atom. The van der Waals surface area contributed by atoms with Gasteiger partial charge in [-0.05, 0) is 69.1 Å². The van der Waals surface area contributed by atoms with Crippen LogP contribution in [0, 0.1) is 25.7 Å². The van der Waals surface area contributed by atoms with E-state index in [9.17, 15) is 0 Å².